The van der Waals surface area contributed by atoms with Gasteiger partial charge in [-0.3, -0.25) is 9.59 Å². The van der Waals surface area contributed by atoms with E-state index in [1.54, 1.807) is 36.4 Å². The topological polar surface area (TPSA) is 105 Å². The van der Waals surface area contributed by atoms with Gasteiger partial charge in [0.25, 0.3) is 5.91 Å². The van der Waals surface area contributed by atoms with E-state index in [0.29, 0.717) is 10.4 Å². The molecule has 0 spiro atoms. The second kappa shape index (κ2) is 8.30. The highest BCUT2D eigenvalue weighted by atomic mass is 79.9. The van der Waals surface area contributed by atoms with E-state index in [2.05, 4.69) is 26.6 Å². The number of carbonyl (C=O) groups excluding carboxylic acids is 2. The highest BCUT2D eigenvalue weighted by molar-refractivity contribution is 9.10. The second-order valence-electron chi connectivity index (χ2n) is 5.41. The molecule has 1 aromatic carbocycles. The first-order valence-corrected chi connectivity index (χ1v) is 10.2. The fourth-order valence-electron chi connectivity index (χ4n) is 1.96. The van der Waals surface area contributed by atoms with Crippen molar-refractivity contribution >= 4 is 43.3 Å². The smallest absolute Gasteiger partial charge is 0.291 e. The maximum atomic E-state index is 12.0. The molecule has 134 valence electrons. The molecule has 9 heteroatoms. The number of furan rings is 1. The summed E-state index contributed by atoms with van der Waals surface area (Å²) < 4.78 is 27.6. The molecule has 0 aliphatic rings. The minimum atomic E-state index is -3.10. The van der Waals surface area contributed by atoms with Crippen LogP contribution >= 0.6 is 15.9 Å². The molecule has 2 N–H and O–H groups in total. The number of amides is 2. The Morgan fingerprint density at radius 3 is 2.36 bits per heavy atom. The van der Waals surface area contributed by atoms with E-state index in [1.165, 1.54) is 0 Å². The standard InChI is InChI=1S/C16H17BrN2O5S/c1-25(22,23)9-8-18-15(20)10-11-2-4-12(5-3-11)19-16(21)13-6-7-14(17)24-13/h2-7H,8-10H2,1H3,(H,18,20)(H,19,21). The number of rotatable bonds is 7. The number of nitrogens with one attached hydrogen (secondary N) is 2. The fraction of sp³-hybridized carbons (Fsp3) is 0.250. The van der Waals surface area contributed by atoms with Crippen molar-refractivity contribution in [1.29, 1.82) is 0 Å². The van der Waals surface area contributed by atoms with E-state index in [4.69, 9.17) is 4.42 Å². The van der Waals surface area contributed by atoms with Crippen LogP contribution in [0.1, 0.15) is 16.1 Å². The molecule has 0 aliphatic carbocycles. The first-order valence-electron chi connectivity index (χ1n) is 7.33. The molecule has 2 rings (SSSR count). The van der Waals surface area contributed by atoms with Crippen molar-refractivity contribution in [3.8, 4) is 0 Å². The quantitative estimate of drug-likeness (QED) is 0.701. The maximum Gasteiger partial charge on any atom is 0.291 e. The van der Waals surface area contributed by atoms with E-state index in [0.717, 1.165) is 11.8 Å². The molecule has 0 bridgehead atoms. The third-order valence-corrected chi connectivity index (χ3v) is 4.54. The Morgan fingerprint density at radius 2 is 1.80 bits per heavy atom. The Hall–Kier alpha value is -2.13. The molecule has 1 heterocycles. The van der Waals surface area contributed by atoms with Crippen LogP contribution in [0, 0.1) is 0 Å². The lowest BCUT2D eigenvalue weighted by Crippen LogP contribution is -2.29. The predicted molar refractivity (Wildman–Crippen MR) is 97.2 cm³/mol. The van der Waals surface area contributed by atoms with E-state index >= 15 is 0 Å². The lowest BCUT2D eigenvalue weighted by molar-refractivity contribution is -0.120. The van der Waals surface area contributed by atoms with Crippen LogP contribution in [0.25, 0.3) is 0 Å². The Balaban J connectivity index is 1.85. The summed E-state index contributed by atoms with van der Waals surface area (Å²) in [5, 5.41) is 5.24. The van der Waals surface area contributed by atoms with Gasteiger partial charge in [0.1, 0.15) is 9.84 Å². The molecule has 2 aromatic rings. The number of sulfone groups is 1. The lowest BCUT2D eigenvalue weighted by Gasteiger charge is -2.06. The average molecular weight is 429 g/mol. The number of halogens is 1. The van der Waals surface area contributed by atoms with Gasteiger partial charge in [-0.25, -0.2) is 8.42 Å². The predicted octanol–water partition coefficient (Wildman–Crippen LogP) is 2.00. The van der Waals surface area contributed by atoms with Crippen LogP contribution < -0.4 is 10.6 Å². The molecule has 2 amide bonds. The van der Waals surface area contributed by atoms with Gasteiger partial charge in [-0.05, 0) is 45.8 Å². The first-order chi connectivity index (χ1) is 11.7. The van der Waals surface area contributed by atoms with Crippen LogP contribution in [-0.4, -0.2) is 38.8 Å². The Morgan fingerprint density at radius 1 is 1.12 bits per heavy atom. The van der Waals surface area contributed by atoms with Crippen molar-refractivity contribution in [2.24, 2.45) is 0 Å². The maximum absolute atomic E-state index is 12.0. The number of benzene rings is 1. The normalized spacial score (nSPS) is 11.1. The molecule has 0 atom stereocenters. The zero-order chi connectivity index (χ0) is 18.4. The molecule has 0 radical (unpaired) electrons. The van der Waals surface area contributed by atoms with Crippen molar-refractivity contribution in [3.05, 3.63) is 52.4 Å². The lowest BCUT2D eigenvalue weighted by atomic mass is 10.1. The number of hydrogen-bond donors (Lipinski definition) is 2. The van der Waals surface area contributed by atoms with Crippen LogP contribution in [0.5, 0.6) is 0 Å². The Kier molecular flexibility index (Phi) is 6.38. The molecule has 0 saturated carbocycles. The van der Waals surface area contributed by atoms with Crippen LogP contribution in [0.2, 0.25) is 0 Å². The summed E-state index contributed by atoms with van der Waals surface area (Å²) in [7, 11) is -3.10. The molecule has 1 aromatic heterocycles. The first kappa shape index (κ1) is 19.2. The summed E-state index contributed by atoms with van der Waals surface area (Å²) in [6.45, 7) is 0.0878. The molecule has 0 aliphatic heterocycles. The summed E-state index contributed by atoms with van der Waals surface area (Å²) in [4.78, 5) is 23.7. The van der Waals surface area contributed by atoms with Crippen LogP contribution in [0.3, 0.4) is 0 Å². The second-order valence-corrected chi connectivity index (χ2v) is 8.45. The van der Waals surface area contributed by atoms with E-state index < -0.39 is 9.84 Å². The molecule has 0 fully saturated rings. The Labute approximate surface area is 153 Å². The van der Waals surface area contributed by atoms with Gasteiger partial charge in [-0.2, -0.15) is 0 Å². The number of anilines is 1. The van der Waals surface area contributed by atoms with Crippen LogP contribution in [0.4, 0.5) is 5.69 Å². The average Bonchev–Trinajstić information content (AvgIpc) is 2.94. The molecule has 0 saturated heterocycles. The SMILES string of the molecule is CS(=O)(=O)CCNC(=O)Cc1ccc(NC(=O)c2ccc(Br)o2)cc1. The molecule has 7 nitrogen and oxygen atoms in total. The minimum Gasteiger partial charge on any atom is -0.444 e. The van der Waals surface area contributed by atoms with Crippen molar-refractivity contribution in [3.63, 3.8) is 0 Å². The third kappa shape index (κ3) is 6.71. The highest BCUT2D eigenvalue weighted by Gasteiger charge is 2.11. The van der Waals surface area contributed by atoms with E-state index in [1.807, 2.05) is 0 Å². The third-order valence-electron chi connectivity index (χ3n) is 3.17. The van der Waals surface area contributed by atoms with Gasteiger partial charge in [0.05, 0.1) is 12.2 Å². The Bertz CT molecular complexity index is 859. The molecule has 0 unspecified atom stereocenters. The molecular weight excluding hydrogens is 412 g/mol. The highest BCUT2D eigenvalue weighted by Crippen LogP contribution is 2.16. The van der Waals surface area contributed by atoms with Crippen molar-refractivity contribution < 1.29 is 22.4 Å². The summed E-state index contributed by atoms with van der Waals surface area (Å²) in [6.07, 6.45) is 1.25. The summed E-state index contributed by atoms with van der Waals surface area (Å²) in [5.41, 5.74) is 1.31. The van der Waals surface area contributed by atoms with Gasteiger partial charge in [0.15, 0.2) is 10.4 Å². The zero-order valence-electron chi connectivity index (χ0n) is 13.4. The number of hydrogen-bond acceptors (Lipinski definition) is 5. The van der Waals surface area contributed by atoms with Gasteiger partial charge < -0.3 is 15.1 Å². The van der Waals surface area contributed by atoms with Gasteiger partial charge in [-0.1, -0.05) is 12.1 Å². The number of carbonyl (C=O) groups is 2. The van der Waals surface area contributed by atoms with Gasteiger partial charge >= 0.3 is 0 Å². The van der Waals surface area contributed by atoms with Crippen molar-refractivity contribution in [2.75, 3.05) is 23.9 Å². The van der Waals surface area contributed by atoms with Crippen LogP contribution in [0.15, 0.2) is 45.5 Å². The molecule has 25 heavy (non-hydrogen) atoms. The van der Waals surface area contributed by atoms with Crippen molar-refractivity contribution in [2.45, 2.75) is 6.42 Å². The zero-order valence-corrected chi connectivity index (χ0v) is 15.8. The monoisotopic (exact) mass is 428 g/mol. The minimum absolute atomic E-state index is 0.0878. The summed E-state index contributed by atoms with van der Waals surface area (Å²) in [5.74, 6) is -0.550. The fourth-order valence-corrected chi connectivity index (χ4v) is 2.74. The largest absolute Gasteiger partial charge is 0.444 e. The van der Waals surface area contributed by atoms with E-state index in [-0.39, 0.29) is 36.3 Å². The van der Waals surface area contributed by atoms with Gasteiger partial charge in [0, 0.05) is 18.5 Å². The van der Waals surface area contributed by atoms with Crippen LogP contribution in [-0.2, 0) is 21.1 Å². The van der Waals surface area contributed by atoms with Gasteiger partial charge in [-0.15, -0.1) is 0 Å². The van der Waals surface area contributed by atoms with E-state index in [9.17, 15) is 18.0 Å². The summed E-state index contributed by atoms with van der Waals surface area (Å²) in [6, 6.07) is 9.95. The summed E-state index contributed by atoms with van der Waals surface area (Å²) >= 11 is 3.13. The van der Waals surface area contributed by atoms with Gasteiger partial charge in [0.2, 0.25) is 5.91 Å². The van der Waals surface area contributed by atoms with Crippen molar-refractivity contribution in [1.82, 2.24) is 5.32 Å². The molecular formula is C16H17BrN2O5S.